The molecule has 1 N–H and O–H groups in total. The molecule has 4 nitrogen and oxygen atoms in total. The van der Waals surface area contributed by atoms with Crippen molar-refractivity contribution in [2.24, 2.45) is 0 Å². The minimum atomic E-state index is -1.34. The Morgan fingerprint density at radius 3 is 2.62 bits per heavy atom. The zero-order chi connectivity index (χ0) is 9.90. The van der Waals surface area contributed by atoms with Gasteiger partial charge in [-0.25, -0.2) is 0 Å². The van der Waals surface area contributed by atoms with E-state index >= 15 is 0 Å². The quantitative estimate of drug-likeness (QED) is 0.733. The van der Waals surface area contributed by atoms with Crippen molar-refractivity contribution < 1.29 is 4.74 Å². The Kier molecular flexibility index (Phi) is 3.21. The van der Waals surface area contributed by atoms with Gasteiger partial charge >= 0.3 is 0 Å². The fraction of sp³-hybridized carbons (Fsp3) is 0.750. The van der Waals surface area contributed by atoms with Gasteiger partial charge in [0.05, 0.1) is 6.61 Å². The van der Waals surface area contributed by atoms with E-state index in [-0.39, 0.29) is 0 Å². The highest BCUT2D eigenvalue weighted by molar-refractivity contribution is 6.88. The molecule has 0 aliphatic carbocycles. The summed E-state index contributed by atoms with van der Waals surface area (Å²) < 4.78 is 5.31. The summed E-state index contributed by atoms with van der Waals surface area (Å²) in [4.78, 5) is 0. The van der Waals surface area contributed by atoms with Crippen molar-refractivity contribution in [3.8, 4) is 0 Å². The van der Waals surface area contributed by atoms with Crippen LogP contribution in [0.1, 0.15) is 12.6 Å². The second kappa shape index (κ2) is 4.02. The summed E-state index contributed by atoms with van der Waals surface area (Å²) in [5, 5.41) is 12.0. The molecule has 1 heterocycles. The lowest BCUT2D eigenvalue weighted by atomic mass is 10.5. The van der Waals surface area contributed by atoms with Gasteiger partial charge in [-0.15, -0.1) is 5.10 Å². The maximum atomic E-state index is 5.31. The van der Waals surface area contributed by atoms with Crippen LogP contribution in [0.15, 0.2) is 0 Å². The van der Waals surface area contributed by atoms with Crippen LogP contribution in [0.25, 0.3) is 0 Å². The van der Waals surface area contributed by atoms with Crippen LogP contribution in [0.4, 0.5) is 0 Å². The largest absolute Gasteiger partial charge is 0.375 e. The molecule has 13 heavy (non-hydrogen) atoms. The number of nitrogens with zero attached hydrogens (tertiary/aromatic N) is 2. The molecule has 0 atom stereocenters. The van der Waals surface area contributed by atoms with E-state index in [1.165, 1.54) is 5.32 Å². The maximum Gasteiger partial charge on any atom is 0.107 e. The number of nitrogens with one attached hydrogen (secondary N) is 1. The fourth-order valence-electron chi connectivity index (χ4n) is 1.15. The average molecular weight is 199 g/mol. The van der Waals surface area contributed by atoms with Gasteiger partial charge in [0.1, 0.15) is 13.8 Å². The van der Waals surface area contributed by atoms with E-state index in [0.717, 1.165) is 12.3 Å². The summed E-state index contributed by atoms with van der Waals surface area (Å²) in [5.74, 6) is 0. The van der Waals surface area contributed by atoms with E-state index in [2.05, 4.69) is 35.1 Å². The highest BCUT2D eigenvalue weighted by Gasteiger charge is 2.23. The second-order valence-corrected chi connectivity index (χ2v) is 9.02. The van der Waals surface area contributed by atoms with Gasteiger partial charge in [-0.2, -0.15) is 0 Å². The zero-order valence-corrected chi connectivity index (χ0v) is 9.72. The third-order valence-electron chi connectivity index (χ3n) is 1.81. The molecule has 0 radical (unpaired) electrons. The summed E-state index contributed by atoms with van der Waals surface area (Å²) in [6.07, 6.45) is 0. The monoisotopic (exact) mass is 199 g/mol. The molecule has 1 aromatic rings. The lowest BCUT2D eigenvalue weighted by molar-refractivity contribution is 0.132. The van der Waals surface area contributed by atoms with E-state index in [1.807, 2.05) is 6.92 Å². The van der Waals surface area contributed by atoms with Crippen molar-refractivity contribution in [1.29, 1.82) is 0 Å². The highest BCUT2D eigenvalue weighted by Crippen LogP contribution is 2.03. The molecule has 0 amide bonds. The molecule has 0 saturated carbocycles. The lowest BCUT2D eigenvalue weighted by Crippen LogP contribution is -2.41. The van der Waals surface area contributed by atoms with Crippen LogP contribution in [0.5, 0.6) is 0 Å². The first-order chi connectivity index (χ1) is 6.05. The van der Waals surface area contributed by atoms with Crippen molar-refractivity contribution in [3.63, 3.8) is 0 Å². The number of aromatic nitrogens is 3. The van der Waals surface area contributed by atoms with Gasteiger partial charge in [-0.05, 0) is 6.92 Å². The number of ether oxygens (including phenoxy) is 1. The molecule has 0 bridgehead atoms. The van der Waals surface area contributed by atoms with E-state index in [4.69, 9.17) is 4.74 Å². The maximum absolute atomic E-state index is 5.31. The van der Waals surface area contributed by atoms with E-state index < -0.39 is 8.07 Å². The van der Waals surface area contributed by atoms with Crippen LogP contribution in [0.2, 0.25) is 19.6 Å². The van der Waals surface area contributed by atoms with Crippen LogP contribution >= 0.6 is 0 Å². The Morgan fingerprint density at radius 2 is 2.08 bits per heavy atom. The van der Waals surface area contributed by atoms with Crippen LogP contribution in [-0.2, 0) is 11.3 Å². The molecule has 5 heteroatoms. The molecule has 0 fully saturated rings. The summed E-state index contributed by atoms with van der Waals surface area (Å²) in [6, 6.07) is 0. The predicted octanol–water partition coefficient (Wildman–Crippen LogP) is 0.886. The van der Waals surface area contributed by atoms with Gasteiger partial charge in [0.2, 0.25) is 0 Å². The molecule has 0 saturated heterocycles. The topological polar surface area (TPSA) is 50.8 Å². The van der Waals surface area contributed by atoms with Crippen molar-refractivity contribution in [2.75, 3.05) is 6.61 Å². The molecule has 0 aromatic carbocycles. The molecule has 0 aliphatic heterocycles. The van der Waals surface area contributed by atoms with Crippen LogP contribution in [0.3, 0.4) is 0 Å². The normalized spacial score (nSPS) is 12.0. The molecule has 0 aliphatic rings. The van der Waals surface area contributed by atoms with Gasteiger partial charge in [-0.3, -0.25) is 5.10 Å². The Bertz CT molecular complexity index is 267. The van der Waals surface area contributed by atoms with E-state index in [0.29, 0.717) is 6.61 Å². The zero-order valence-electron chi connectivity index (χ0n) is 8.72. The highest BCUT2D eigenvalue weighted by atomic mass is 28.3. The molecule has 0 spiro atoms. The lowest BCUT2D eigenvalue weighted by Gasteiger charge is -2.14. The minimum Gasteiger partial charge on any atom is -0.375 e. The first-order valence-electron chi connectivity index (χ1n) is 4.54. The Morgan fingerprint density at radius 1 is 1.38 bits per heavy atom. The third kappa shape index (κ3) is 2.63. The van der Waals surface area contributed by atoms with E-state index in [9.17, 15) is 0 Å². The SMILES string of the molecule is CCOCc1nn[nH]c1[Si](C)(C)C. The second-order valence-electron chi connectivity index (χ2n) is 4.02. The minimum absolute atomic E-state index is 0.576. The average Bonchev–Trinajstić information content (AvgIpc) is 2.47. The molecule has 1 rings (SSSR count). The van der Waals surface area contributed by atoms with Crippen LogP contribution in [0, 0.1) is 0 Å². The Labute approximate surface area is 79.7 Å². The van der Waals surface area contributed by atoms with Gasteiger partial charge in [-0.1, -0.05) is 24.9 Å². The molecule has 1 aromatic heterocycles. The number of rotatable bonds is 4. The number of aromatic amines is 1. The standard InChI is InChI=1S/C8H17N3OSi/c1-5-12-6-7-8(10-11-9-7)13(2,3)4/h5-6H2,1-4H3,(H,9,10,11). The number of H-pyrrole nitrogens is 1. The third-order valence-corrected chi connectivity index (χ3v) is 3.71. The smallest absolute Gasteiger partial charge is 0.107 e. The van der Waals surface area contributed by atoms with Crippen molar-refractivity contribution >= 4 is 13.4 Å². The number of hydrogen-bond donors (Lipinski definition) is 1. The molecular formula is C8H17N3OSi. The van der Waals surface area contributed by atoms with Crippen molar-refractivity contribution in [3.05, 3.63) is 5.69 Å². The van der Waals surface area contributed by atoms with Crippen LogP contribution in [-0.4, -0.2) is 30.1 Å². The summed E-state index contributed by atoms with van der Waals surface area (Å²) in [6.45, 7) is 10.1. The van der Waals surface area contributed by atoms with Gasteiger partial charge in [0, 0.05) is 11.9 Å². The predicted molar refractivity (Wildman–Crippen MR) is 54.7 cm³/mol. The van der Waals surface area contributed by atoms with Gasteiger partial charge in [0.25, 0.3) is 0 Å². The first-order valence-corrected chi connectivity index (χ1v) is 8.04. The van der Waals surface area contributed by atoms with Crippen LogP contribution < -0.4 is 5.32 Å². The summed E-state index contributed by atoms with van der Waals surface area (Å²) in [5.41, 5.74) is 0.973. The Hall–Kier alpha value is -0.683. The molecular weight excluding hydrogens is 182 g/mol. The molecule has 0 unspecified atom stereocenters. The fourth-order valence-corrected chi connectivity index (χ4v) is 2.52. The van der Waals surface area contributed by atoms with Crippen molar-refractivity contribution in [1.82, 2.24) is 15.4 Å². The number of hydrogen-bond acceptors (Lipinski definition) is 3. The van der Waals surface area contributed by atoms with Crippen molar-refractivity contribution in [2.45, 2.75) is 33.2 Å². The first kappa shape index (κ1) is 10.4. The van der Waals surface area contributed by atoms with E-state index in [1.54, 1.807) is 0 Å². The van der Waals surface area contributed by atoms with Gasteiger partial charge in [0.15, 0.2) is 0 Å². The summed E-state index contributed by atoms with van der Waals surface area (Å²) in [7, 11) is -1.34. The summed E-state index contributed by atoms with van der Waals surface area (Å²) >= 11 is 0. The van der Waals surface area contributed by atoms with Gasteiger partial charge < -0.3 is 4.74 Å². The Balaban J connectivity index is 2.77. The molecule has 74 valence electrons.